The second-order valence-electron chi connectivity index (χ2n) is 6.20. The van der Waals surface area contributed by atoms with E-state index in [0.717, 1.165) is 0 Å². The Bertz CT molecular complexity index is 1070. The molecule has 0 atom stereocenters. The number of rotatable bonds is 6. The van der Waals surface area contributed by atoms with Crippen LogP contribution in [0, 0.1) is 23.3 Å². The predicted octanol–water partition coefficient (Wildman–Crippen LogP) is 7.12. The fourth-order valence-electron chi connectivity index (χ4n) is 2.85. The molecule has 0 aromatic heterocycles. The predicted molar refractivity (Wildman–Crippen MR) is 108 cm³/mol. The number of hydrogen-bond acceptors (Lipinski definition) is 1. The van der Waals surface area contributed by atoms with E-state index in [-0.39, 0.29) is 29.0 Å². The fraction of sp³-hybridized carbons (Fsp3) is 0.0833. The molecule has 0 saturated heterocycles. The summed E-state index contributed by atoms with van der Waals surface area (Å²) >= 11 is 0. The van der Waals surface area contributed by atoms with Crippen molar-refractivity contribution in [2.45, 2.75) is 6.92 Å². The van der Waals surface area contributed by atoms with E-state index in [4.69, 9.17) is 4.74 Å². The first-order valence-electron chi connectivity index (χ1n) is 8.96. The first-order valence-corrected chi connectivity index (χ1v) is 8.96. The maximum Gasteiger partial charge on any atom is 0.201 e. The van der Waals surface area contributed by atoms with Gasteiger partial charge in [0.15, 0.2) is 23.2 Å². The zero-order valence-corrected chi connectivity index (χ0v) is 15.7. The van der Waals surface area contributed by atoms with Gasteiger partial charge in [-0.3, -0.25) is 0 Å². The molecule has 3 aromatic carbocycles. The fourth-order valence-corrected chi connectivity index (χ4v) is 2.85. The number of halogens is 4. The molecule has 0 spiro atoms. The Balaban J connectivity index is 1.84. The minimum atomic E-state index is -1.03. The second kappa shape index (κ2) is 8.78. The minimum Gasteiger partial charge on any atom is -0.491 e. The lowest BCUT2D eigenvalue weighted by Gasteiger charge is -2.09. The van der Waals surface area contributed by atoms with Gasteiger partial charge >= 0.3 is 0 Å². The van der Waals surface area contributed by atoms with Crippen LogP contribution >= 0.6 is 0 Å². The molecule has 0 aliphatic rings. The molecule has 0 bridgehead atoms. The van der Waals surface area contributed by atoms with E-state index in [2.05, 4.69) is 6.58 Å². The Labute approximate surface area is 166 Å². The molecule has 0 heterocycles. The van der Waals surface area contributed by atoms with E-state index in [1.807, 2.05) is 0 Å². The van der Waals surface area contributed by atoms with Crippen molar-refractivity contribution in [2.75, 3.05) is 6.61 Å². The zero-order valence-electron chi connectivity index (χ0n) is 15.7. The van der Waals surface area contributed by atoms with Crippen molar-refractivity contribution in [3.05, 3.63) is 95.1 Å². The summed E-state index contributed by atoms with van der Waals surface area (Å²) in [5.41, 5.74) is 1.46. The van der Waals surface area contributed by atoms with Crippen LogP contribution in [-0.2, 0) is 0 Å². The quantitative estimate of drug-likeness (QED) is 0.317. The molecular weight excluding hydrogens is 380 g/mol. The lowest BCUT2D eigenvalue weighted by Crippen LogP contribution is -1.98. The topological polar surface area (TPSA) is 9.23 Å². The molecule has 0 N–H and O–H groups in total. The largest absolute Gasteiger partial charge is 0.491 e. The van der Waals surface area contributed by atoms with Gasteiger partial charge in [-0.15, -0.1) is 0 Å². The molecule has 0 aliphatic heterocycles. The molecule has 0 unspecified atom stereocenters. The zero-order chi connectivity index (χ0) is 21.0. The SMILES string of the molecule is C=Cc1ccc(C=Cc2ccc(-c3ccc(OCC)c(F)c3F)cc2)c(F)c1F. The van der Waals surface area contributed by atoms with Crippen LogP contribution in [-0.4, -0.2) is 6.61 Å². The molecule has 0 saturated carbocycles. The van der Waals surface area contributed by atoms with Gasteiger partial charge in [0, 0.05) is 16.7 Å². The molecule has 1 nitrogen and oxygen atoms in total. The Kier molecular flexibility index (Phi) is 6.17. The van der Waals surface area contributed by atoms with E-state index in [1.54, 1.807) is 37.3 Å². The number of benzene rings is 3. The third-order valence-corrected chi connectivity index (χ3v) is 4.39. The lowest BCUT2D eigenvalue weighted by atomic mass is 10.0. The van der Waals surface area contributed by atoms with Crippen molar-refractivity contribution in [3.8, 4) is 16.9 Å². The summed E-state index contributed by atoms with van der Waals surface area (Å²) in [5.74, 6) is -4.06. The summed E-state index contributed by atoms with van der Waals surface area (Å²) in [6.07, 6.45) is 4.29. The van der Waals surface area contributed by atoms with Gasteiger partial charge in [-0.1, -0.05) is 61.2 Å². The van der Waals surface area contributed by atoms with Crippen LogP contribution < -0.4 is 4.74 Å². The summed E-state index contributed by atoms with van der Waals surface area (Å²) in [5, 5.41) is 0. The Morgan fingerprint density at radius 3 is 2.07 bits per heavy atom. The summed E-state index contributed by atoms with van der Waals surface area (Å²) in [7, 11) is 0. The number of hydrogen-bond donors (Lipinski definition) is 0. The smallest absolute Gasteiger partial charge is 0.201 e. The average molecular weight is 398 g/mol. The second-order valence-corrected chi connectivity index (χ2v) is 6.20. The van der Waals surface area contributed by atoms with Gasteiger partial charge in [-0.25, -0.2) is 13.2 Å². The summed E-state index contributed by atoms with van der Waals surface area (Å²) in [6.45, 7) is 5.35. The maximum atomic E-state index is 14.3. The van der Waals surface area contributed by atoms with Gasteiger partial charge in [0.05, 0.1) is 6.61 Å². The lowest BCUT2D eigenvalue weighted by molar-refractivity contribution is 0.314. The molecule has 5 heteroatoms. The van der Waals surface area contributed by atoms with Gasteiger partial charge in [0.2, 0.25) is 5.82 Å². The van der Waals surface area contributed by atoms with Crippen molar-refractivity contribution in [1.82, 2.24) is 0 Å². The molecule has 0 fully saturated rings. The normalized spacial score (nSPS) is 11.1. The van der Waals surface area contributed by atoms with Crippen molar-refractivity contribution in [3.63, 3.8) is 0 Å². The van der Waals surface area contributed by atoms with Crippen LogP contribution in [0.5, 0.6) is 5.75 Å². The highest BCUT2D eigenvalue weighted by atomic mass is 19.2. The summed E-state index contributed by atoms with van der Waals surface area (Å²) in [6, 6.07) is 12.3. The van der Waals surface area contributed by atoms with Crippen LogP contribution in [0.15, 0.2) is 55.1 Å². The van der Waals surface area contributed by atoms with Gasteiger partial charge in [-0.05, 0) is 30.2 Å². The molecular formula is C24H18F4O. The van der Waals surface area contributed by atoms with Gasteiger partial charge in [0.1, 0.15) is 0 Å². The van der Waals surface area contributed by atoms with Crippen LogP contribution in [0.3, 0.4) is 0 Å². The standard InChI is InChI=1S/C24H18F4O/c1-3-16-11-12-18(22(26)21(16)25)10-7-15-5-8-17(9-6-15)19-13-14-20(29-4-2)24(28)23(19)27/h3,5-14H,1,4H2,2H3. The Morgan fingerprint density at radius 2 is 1.41 bits per heavy atom. The molecule has 29 heavy (non-hydrogen) atoms. The minimum absolute atomic E-state index is 0.0913. The molecule has 0 radical (unpaired) electrons. The number of ether oxygens (including phenoxy) is 1. The third kappa shape index (κ3) is 4.24. The molecule has 0 aliphatic carbocycles. The van der Waals surface area contributed by atoms with Crippen molar-refractivity contribution in [2.24, 2.45) is 0 Å². The van der Waals surface area contributed by atoms with Crippen LogP contribution in [0.25, 0.3) is 29.4 Å². The highest BCUT2D eigenvalue weighted by Gasteiger charge is 2.15. The first kappa shape index (κ1) is 20.4. The Hall–Kier alpha value is -3.34. The van der Waals surface area contributed by atoms with E-state index in [1.165, 1.54) is 36.4 Å². The van der Waals surface area contributed by atoms with Crippen LogP contribution in [0.4, 0.5) is 17.6 Å². The molecule has 0 amide bonds. The van der Waals surface area contributed by atoms with Gasteiger partial charge in [0.25, 0.3) is 0 Å². The average Bonchev–Trinajstić information content (AvgIpc) is 2.73. The van der Waals surface area contributed by atoms with Crippen LogP contribution in [0.2, 0.25) is 0 Å². The van der Waals surface area contributed by atoms with Crippen molar-refractivity contribution in [1.29, 1.82) is 0 Å². The van der Waals surface area contributed by atoms with Crippen molar-refractivity contribution >= 4 is 18.2 Å². The van der Waals surface area contributed by atoms with Crippen molar-refractivity contribution < 1.29 is 22.3 Å². The van der Waals surface area contributed by atoms with Gasteiger partial charge < -0.3 is 4.74 Å². The summed E-state index contributed by atoms with van der Waals surface area (Å²) in [4.78, 5) is 0. The summed E-state index contributed by atoms with van der Waals surface area (Å²) < 4.78 is 61.3. The molecule has 3 rings (SSSR count). The van der Waals surface area contributed by atoms with E-state index >= 15 is 0 Å². The molecule has 3 aromatic rings. The monoisotopic (exact) mass is 398 g/mol. The Morgan fingerprint density at radius 1 is 0.759 bits per heavy atom. The van der Waals surface area contributed by atoms with Gasteiger partial charge in [-0.2, -0.15) is 4.39 Å². The highest BCUT2D eigenvalue weighted by molar-refractivity contribution is 5.73. The first-order chi connectivity index (χ1) is 14.0. The van der Waals surface area contributed by atoms with E-state index < -0.39 is 23.3 Å². The van der Waals surface area contributed by atoms with E-state index in [9.17, 15) is 17.6 Å². The molecule has 148 valence electrons. The van der Waals surface area contributed by atoms with E-state index in [0.29, 0.717) is 11.1 Å². The highest BCUT2D eigenvalue weighted by Crippen LogP contribution is 2.30. The maximum absolute atomic E-state index is 14.3. The van der Waals surface area contributed by atoms with Crippen LogP contribution in [0.1, 0.15) is 23.6 Å². The third-order valence-electron chi connectivity index (χ3n) is 4.39.